The fourth-order valence-electron chi connectivity index (χ4n) is 2.49. The van der Waals surface area contributed by atoms with Crippen LogP contribution in [0.3, 0.4) is 0 Å². The number of benzene rings is 2. The van der Waals surface area contributed by atoms with Gasteiger partial charge in [0.1, 0.15) is 11.5 Å². The summed E-state index contributed by atoms with van der Waals surface area (Å²) in [6.07, 6.45) is 0. The molecule has 1 aromatic heterocycles. The average molecular weight is 355 g/mol. The third-order valence-corrected chi connectivity index (χ3v) is 4.88. The second-order valence-corrected chi connectivity index (χ2v) is 6.37. The van der Waals surface area contributed by atoms with E-state index in [9.17, 15) is 0 Å². The van der Waals surface area contributed by atoms with Crippen LogP contribution in [-0.2, 0) is 12.8 Å². The van der Waals surface area contributed by atoms with E-state index in [-0.39, 0.29) is 0 Å². The first-order valence-corrected chi connectivity index (χ1v) is 9.08. The van der Waals surface area contributed by atoms with Crippen molar-refractivity contribution in [2.45, 2.75) is 17.8 Å². The molecule has 0 fully saturated rings. The molecule has 0 aliphatic carbocycles. The Bertz CT molecular complexity index is 831. The minimum Gasteiger partial charge on any atom is -0.497 e. The number of para-hydroxylation sites is 1. The molecule has 5 nitrogen and oxygen atoms in total. The molecular formula is C19H21N3O2S. The van der Waals surface area contributed by atoms with E-state index in [1.807, 2.05) is 61.0 Å². The SMILES string of the molecule is CCOc1ccccc1CSc1nnc(-c2ccc(OC)cc2)n1C. The predicted octanol–water partition coefficient (Wildman–Crippen LogP) is 4.18. The second-order valence-electron chi connectivity index (χ2n) is 5.42. The summed E-state index contributed by atoms with van der Waals surface area (Å²) in [5.41, 5.74) is 2.17. The largest absolute Gasteiger partial charge is 0.497 e. The summed E-state index contributed by atoms with van der Waals surface area (Å²) in [7, 11) is 3.64. The van der Waals surface area contributed by atoms with Crippen molar-refractivity contribution in [2.75, 3.05) is 13.7 Å². The number of rotatable bonds is 7. The lowest BCUT2D eigenvalue weighted by atomic mass is 10.2. The van der Waals surface area contributed by atoms with Crippen LogP contribution in [0.2, 0.25) is 0 Å². The maximum Gasteiger partial charge on any atom is 0.191 e. The van der Waals surface area contributed by atoms with Gasteiger partial charge in [0.15, 0.2) is 11.0 Å². The van der Waals surface area contributed by atoms with E-state index in [0.29, 0.717) is 6.61 Å². The number of nitrogens with zero attached hydrogens (tertiary/aromatic N) is 3. The molecule has 0 atom stereocenters. The third-order valence-electron chi connectivity index (χ3n) is 3.81. The van der Waals surface area contributed by atoms with Gasteiger partial charge in [-0.15, -0.1) is 10.2 Å². The van der Waals surface area contributed by atoms with Crippen molar-refractivity contribution in [2.24, 2.45) is 7.05 Å². The molecule has 0 bridgehead atoms. The van der Waals surface area contributed by atoms with Crippen LogP contribution in [0.5, 0.6) is 11.5 Å². The van der Waals surface area contributed by atoms with Crippen molar-refractivity contribution in [3.05, 3.63) is 54.1 Å². The van der Waals surface area contributed by atoms with Crippen molar-refractivity contribution in [3.8, 4) is 22.9 Å². The molecule has 6 heteroatoms. The van der Waals surface area contributed by atoms with Crippen LogP contribution in [0.15, 0.2) is 53.7 Å². The summed E-state index contributed by atoms with van der Waals surface area (Å²) < 4.78 is 12.9. The van der Waals surface area contributed by atoms with Crippen molar-refractivity contribution < 1.29 is 9.47 Å². The minimum atomic E-state index is 0.660. The summed E-state index contributed by atoms with van der Waals surface area (Å²) >= 11 is 1.65. The lowest BCUT2D eigenvalue weighted by Gasteiger charge is -2.09. The van der Waals surface area contributed by atoms with Gasteiger partial charge < -0.3 is 14.0 Å². The van der Waals surface area contributed by atoms with Gasteiger partial charge in [-0.05, 0) is 37.3 Å². The Kier molecular flexibility index (Phi) is 5.60. The van der Waals surface area contributed by atoms with Crippen molar-refractivity contribution >= 4 is 11.8 Å². The van der Waals surface area contributed by atoms with Gasteiger partial charge in [0, 0.05) is 23.9 Å². The molecule has 0 unspecified atom stereocenters. The Balaban J connectivity index is 1.75. The van der Waals surface area contributed by atoms with Gasteiger partial charge in [-0.1, -0.05) is 30.0 Å². The lowest BCUT2D eigenvalue weighted by Crippen LogP contribution is -1.97. The molecule has 0 aliphatic rings. The van der Waals surface area contributed by atoms with Gasteiger partial charge in [-0.2, -0.15) is 0 Å². The van der Waals surface area contributed by atoms with Crippen LogP contribution in [0.25, 0.3) is 11.4 Å². The summed E-state index contributed by atoms with van der Waals surface area (Å²) in [6, 6.07) is 15.9. The van der Waals surface area contributed by atoms with Gasteiger partial charge in [-0.25, -0.2) is 0 Å². The molecule has 0 N–H and O–H groups in total. The molecule has 3 rings (SSSR count). The van der Waals surface area contributed by atoms with E-state index in [1.54, 1.807) is 18.9 Å². The summed E-state index contributed by atoms with van der Waals surface area (Å²) in [6.45, 7) is 2.65. The second kappa shape index (κ2) is 8.07. The lowest BCUT2D eigenvalue weighted by molar-refractivity contribution is 0.337. The average Bonchev–Trinajstić information content (AvgIpc) is 3.02. The maximum atomic E-state index is 5.68. The zero-order chi connectivity index (χ0) is 17.6. The van der Waals surface area contributed by atoms with Crippen LogP contribution in [0, 0.1) is 0 Å². The normalized spacial score (nSPS) is 10.7. The maximum absolute atomic E-state index is 5.68. The fourth-order valence-corrected chi connectivity index (χ4v) is 3.40. The topological polar surface area (TPSA) is 49.2 Å². The van der Waals surface area contributed by atoms with Crippen LogP contribution in [-0.4, -0.2) is 28.5 Å². The molecule has 0 amide bonds. The monoisotopic (exact) mass is 355 g/mol. The molecule has 3 aromatic rings. The highest BCUT2D eigenvalue weighted by atomic mass is 32.2. The highest BCUT2D eigenvalue weighted by Crippen LogP contribution is 2.29. The van der Waals surface area contributed by atoms with E-state index < -0.39 is 0 Å². The Morgan fingerprint density at radius 1 is 1.04 bits per heavy atom. The number of ether oxygens (including phenoxy) is 2. The van der Waals surface area contributed by atoms with E-state index in [4.69, 9.17) is 9.47 Å². The molecule has 2 aromatic carbocycles. The van der Waals surface area contributed by atoms with E-state index in [0.717, 1.165) is 39.4 Å². The first-order valence-electron chi connectivity index (χ1n) is 8.10. The van der Waals surface area contributed by atoms with Gasteiger partial charge >= 0.3 is 0 Å². The minimum absolute atomic E-state index is 0.660. The van der Waals surface area contributed by atoms with Crippen LogP contribution >= 0.6 is 11.8 Å². The first-order chi connectivity index (χ1) is 12.2. The third kappa shape index (κ3) is 3.96. The Morgan fingerprint density at radius 2 is 1.80 bits per heavy atom. The van der Waals surface area contributed by atoms with Crippen LogP contribution in [0.4, 0.5) is 0 Å². The molecule has 0 spiro atoms. The molecule has 1 heterocycles. The first kappa shape index (κ1) is 17.4. The number of thioether (sulfide) groups is 1. The molecule has 0 aliphatic heterocycles. The molecule has 0 radical (unpaired) electrons. The molecule has 25 heavy (non-hydrogen) atoms. The summed E-state index contributed by atoms with van der Waals surface area (Å²) in [5, 5.41) is 9.53. The Labute approximate surface area is 152 Å². The van der Waals surface area contributed by atoms with Crippen molar-refractivity contribution in [3.63, 3.8) is 0 Å². The van der Waals surface area contributed by atoms with Crippen LogP contribution in [0.1, 0.15) is 12.5 Å². The number of hydrogen-bond acceptors (Lipinski definition) is 5. The smallest absolute Gasteiger partial charge is 0.191 e. The standard InChI is InChI=1S/C19H21N3O2S/c1-4-24-17-8-6-5-7-15(17)13-25-19-21-20-18(22(19)2)14-9-11-16(23-3)12-10-14/h5-12H,4,13H2,1-3H3. The summed E-state index contributed by atoms with van der Waals surface area (Å²) in [5.74, 6) is 3.37. The van der Waals surface area contributed by atoms with E-state index in [2.05, 4.69) is 16.3 Å². The van der Waals surface area contributed by atoms with Gasteiger partial charge in [0.25, 0.3) is 0 Å². The number of hydrogen-bond donors (Lipinski definition) is 0. The molecular weight excluding hydrogens is 334 g/mol. The van der Waals surface area contributed by atoms with Crippen molar-refractivity contribution in [1.29, 1.82) is 0 Å². The number of aromatic nitrogens is 3. The molecule has 0 saturated carbocycles. The Hall–Kier alpha value is -2.47. The molecule has 0 saturated heterocycles. The predicted molar refractivity (Wildman–Crippen MR) is 100 cm³/mol. The Morgan fingerprint density at radius 3 is 2.52 bits per heavy atom. The van der Waals surface area contributed by atoms with Gasteiger partial charge in [0.2, 0.25) is 0 Å². The quantitative estimate of drug-likeness (QED) is 0.595. The highest BCUT2D eigenvalue weighted by molar-refractivity contribution is 7.98. The van der Waals surface area contributed by atoms with E-state index in [1.165, 1.54) is 0 Å². The zero-order valence-corrected chi connectivity index (χ0v) is 15.4. The van der Waals surface area contributed by atoms with Crippen molar-refractivity contribution in [1.82, 2.24) is 14.8 Å². The highest BCUT2D eigenvalue weighted by Gasteiger charge is 2.12. The number of methoxy groups -OCH3 is 1. The zero-order valence-electron chi connectivity index (χ0n) is 14.6. The molecule has 130 valence electrons. The van der Waals surface area contributed by atoms with E-state index >= 15 is 0 Å². The van der Waals surface area contributed by atoms with Gasteiger partial charge in [0.05, 0.1) is 13.7 Å². The fraction of sp³-hybridized carbons (Fsp3) is 0.263. The van der Waals surface area contributed by atoms with Gasteiger partial charge in [-0.3, -0.25) is 0 Å². The van der Waals surface area contributed by atoms with Crippen LogP contribution < -0.4 is 9.47 Å². The summed E-state index contributed by atoms with van der Waals surface area (Å²) in [4.78, 5) is 0.